The summed E-state index contributed by atoms with van der Waals surface area (Å²) in [5.41, 5.74) is 6.97. The van der Waals surface area contributed by atoms with Crippen LogP contribution >= 0.6 is 0 Å². The number of hydrogen-bond donors (Lipinski definition) is 0. The van der Waals surface area contributed by atoms with Gasteiger partial charge in [0, 0.05) is 11.5 Å². The van der Waals surface area contributed by atoms with Crippen LogP contribution in [0.25, 0.3) is 10.9 Å². The van der Waals surface area contributed by atoms with Gasteiger partial charge in [-0.2, -0.15) is 0 Å². The summed E-state index contributed by atoms with van der Waals surface area (Å²) in [6.07, 6.45) is 0. The maximum atomic E-state index is 12.6. The SMILES string of the molecule is Cc1cc(C)c2c(c1)c(C)cc(=O)n2Cc1ccccc1C. The molecule has 1 aromatic heterocycles. The van der Waals surface area contributed by atoms with Crippen LogP contribution in [0.5, 0.6) is 0 Å². The Labute approximate surface area is 131 Å². The molecule has 1 heterocycles. The van der Waals surface area contributed by atoms with Crippen LogP contribution < -0.4 is 5.56 Å². The number of hydrogen-bond acceptors (Lipinski definition) is 1. The summed E-state index contributed by atoms with van der Waals surface area (Å²) >= 11 is 0. The van der Waals surface area contributed by atoms with Crippen molar-refractivity contribution in [1.82, 2.24) is 4.57 Å². The van der Waals surface area contributed by atoms with Crippen molar-refractivity contribution in [3.05, 3.63) is 80.6 Å². The molecule has 22 heavy (non-hydrogen) atoms. The first-order valence-corrected chi connectivity index (χ1v) is 7.63. The predicted molar refractivity (Wildman–Crippen MR) is 92.7 cm³/mol. The maximum absolute atomic E-state index is 12.6. The first-order valence-electron chi connectivity index (χ1n) is 7.63. The standard InChI is InChI=1S/C20H21NO/c1-13-9-16(4)20-18(10-13)15(3)11-19(22)21(20)12-17-8-6-5-7-14(17)2/h5-11H,12H2,1-4H3. The molecule has 0 bridgehead atoms. The molecule has 0 aliphatic carbocycles. The molecule has 0 saturated carbocycles. The molecule has 0 unspecified atom stereocenters. The second-order valence-electron chi connectivity index (χ2n) is 6.16. The van der Waals surface area contributed by atoms with E-state index >= 15 is 0 Å². The van der Waals surface area contributed by atoms with Gasteiger partial charge in [-0.3, -0.25) is 4.79 Å². The summed E-state index contributed by atoms with van der Waals surface area (Å²) in [7, 11) is 0. The van der Waals surface area contributed by atoms with Crippen LogP contribution in [0.1, 0.15) is 27.8 Å². The van der Waals surface area contributed by atoms with Gasteiger partial charge in [-0.05, 0) is 56.0 Å². The average molecular weight is 291 g/mol. The van der Waals surface area contributed by atoms with Crippen molar-refractivity contribution >= 4 is 10.9 Å². The van der Waals surface area contributed by atoms with Gasteiger partial charge in [0.25, 0.3) is 5.56 Å². The number of rotatable bonds is 2. The van der Waals surface area contributed by atoms with Crippen molar-refractivity contribution in [3.63, 3.8) is 0 Å². The topological polar surface area (TPSA) is 22.0 Å². The van der Waals surface area contributed by atoms with E-state index in [1.165, 1.54) is 22.1 Å². The van der Waals surface area contributed by atoms with Crippen molar-refractivity contribution in [1.29, 1.82) is 0 Å². The van der Waals surface area contributed by atoms with Crippen molar-refractivity contribution < 1.29 is 0 Å². The highest BCUT2D eigenvalue weighted by Crippen LogP contribution is 2.23. The molecule has 0 spiro atoms. The van der Waals surface area contributed by atoms with Crippen LogP contribution in [0.3, 0.4) is 0 Å². The number of fused-ring (bicyclic) bond motifs is 1. The third kappa shape index (κ3) is 2.45. The summed E-state index contributed by atoms with van der Waals surface area (Å²) in [5, 5.41) is 1.17. The van der Waals surface area contributed by atoms with Crippen molar-refractivity contribution in [2.45, 2.75) is 34.2 Å². The van der Waals surface area contributed by atoms with E-state index in [0.29, 0.717) is 6.54 Å². The Kier molecular flexibility index (Phi) is 3.61. The molecule has 0 aliphatic heterocycles. The normalized spacial score (nSPS) is 11.1. The third-order valence-corrected chi connectivity index (χ3v) is 4.34. The van der Waals surface area contributed by atoms with Gasteiger partial charge >= 0.3 is 0 Å². The van der Waals surface area contributed by atoms with E-state index in [1.807, 2.05) is 23.6 Å². The van der Waals surface area contributed by atoms with Crippen LogP contribution in [0, 0.1) is 27.7 Å². The van der Waals surface area contributed by atoms with E-state index in [-0.39, 0.29) is 5.56 Å². The first-order chi connectivity index (χ1) is 10.5. The minimum Gasteiger partial charge on any atom is -0.304 e. The summed E-state index contributed by atoms with van der Waals surface area (Å²) in [4.78, 5) is 12.6. The second-order valence-corrected chi connectivity index (χ2v) is 6.16. The minimum absolute atomic E-state index is 0.0696. The maximum Gasteiger partial charge on any atom is 0.251 e. The van der Waals surface area contributed by atoms with E-state index in [2.05, 4.69) is 45.0 Å². The molecule has 3 aromatic rings. The molecule has 2 nitrogen and oxygen atoms in total. The van der Waals surface area contributed by atoms with Gasteiger partial charge < -0.3 is 4.57 Å². The fourth-order valence-electron chi connectivity index (χ4n) is 3.18. The van der Waals surface area contributed by atoms with Crippen LogP contribution in [0.4, 0.5) is 0 Å². The van der Waals surface area contributed by atoms with E-state index < -0.39 is 0 Å². The zero-order valence-electron chi connectivity index (χ0n) is 13.6. The van der Waals surface area contributed by atoms with E-state index in [4.69, 9.17) is 0 Å². The summed E-state index contributed by atoms with van der Waals surface area (Å²) < 4.78 is 1.90. The predicted octanol–water partition coefficient (Wildman–Crippen LogP) is 4.28. The second kappa shape index (κ2) is 5.45. The van der Waals surface area contributed by atoms with Gasteiger partial charge in [0.1, 0.15) is 0 Å². The summed E-state index contributed by atoms with van der Waals surface area (Å²) in [6.45, 7) is 8.91. The molecule has 0 aliphatic rings. The number of benzene rings is 2. The molecular formula is C20H21NO. The largest absolute Gasteiger partial charge is 0.304 e. The Morgan fingerprint density at radius 3 is 2.32 bits per heavy atom. The molecule has 2 heteroatoms. The Morgan fingerprint density at radius 1 is 0.864 bits per heavy atom. The van der Waals surface area contributed by atoms with E-state index in [1.54, 1.807) is 6.07 Å². The highest BCUT2D eigenvalue weighted by molar-refractivity contribution is 5.86. The van der Waals surface area contributed by atoms with Crippen LogP contribution in [-0.4, -0.2) is 4.57 Å². The molecule has 2 aromatic carbocycles. The quantitative estimate of drug-likeness (QED) is 0.690. The zero-order chi connectivity index (χ0) is 15.9. The molecular weight excluding hydrogens is 270 g/mol. The molecule has 0 radical (unpaired) electrons. The Hall–Kier alpha value is -2.35. The van der Waals surface area contributed by atoms with Gasteiger partial charge in [-0.15, -0.1) is 0 Å². The Morgan fingerprint density at radius 2 is 1.59 bits per heavy atom. The van der Waals surface area contributed by atoms with Crippen molar-refractivity contribution in [3.8, 4) is 0 Å². The third-order valence-electron chi connectivity index (χ3n) is 4.34. The average Bonchev–Trinajstić information content (AvgIpc) is 2.45. The number of aryl methyl sites for hydroxylation is 4. The minimum atomic E-state index is 0.0696. The number of nitrogens with zero attached hydrogens (tertiary/aromatic N) is 1. The lowest BCUT2D eigenvalue weighted by molar-refractivity contribution is 0.785. The van der Waals surface area contributed by atoms with Crippen molar-refractivity contribution in [2.24, 2.45) is 0 Å². The molecule has 0 atom stereocenters. The van der Waals surface area contributed by atoms with Gasteiger partial charge in [0.05, 0.1) is 12.1 Å². The van der Waals surface area contributed by atoms with Gasteiger partial charge in [-0.25, -0.2) is 0 Å². The number of aromatic nitrogens is 1. The molecule has 3 rings (SSSR count). The Bertz CT molecular complexity index is 919. The van der Waals surface area contributed by atoms with E-state index in [0.717, 1.165) is 16.6 Å². The highest BCUT2D eigenvalue weighted by Gasteiger charge is 2.11. The van der Waals surface area contributed by atoms with Gasteiger partial charge in [-0.1, -0.05) is 35.9 Å². The van der Waals surface area contributed by atoms with Gasteiger partial charge in [0.2, 0.25) is 0 Å². The molecule has 0 N–H and O–H groups in total. The smallest absolute Gasteiger partial charge is 0.251 e. The first kappa shape index (κ1) is 14.6. The zero-order valence-corrected chi connectivity index (χ0v) is 13.6. The Balaban J connectivity index is 2.30. The lowest BCUT2D eigenvalue weighted by atomic mass is 10.0. The van der Waals surface area contributed by atoms with Crippen molar-refractivity contribution in [2.75, 3.05) is 0 Å². The summed E-state index contributed by atoms with van der Waals surface area (Å²) in [5.74, 6) is 0. The van der Waals surface area contributed by atoms with Crippen LogP contribution in [0.2, 0.25) is 0 Å². The fraction of sp³-hybridized carbons (Fsp3) is 0.250. The van der Waals surface area contributed by atoms with Crippen LogP contribution in [0.15, 0.2) is 47.3 Å². The fourth-order valence-corrected chi connectivity index (χ4v) is 3.18. The molecule has 112 valence electrons. The lowest BCUT2D eigenvalue weighted by Gasteiger charge is -2.16. The van der Waals surface area contributed by atoms with Gasteiger partial charge in [0.15, 0.2) is 0 Å². The lowest BCUT2D eigenvalue weighted by Crippen LogP contribution is -2.22. The van der Waals surface area contributed by atoms with E-state index in [9.17, 15) is 4.79 Å². The summed E-state index contributed by atoms with van der Waals surface area (Å²) in [6, 6.07) is 14.3. The molecule has 0 fully saturated rings. The molecule has 0 amide bonds. The number of pyridine rings is 1. The molecule has 0 saturated heterocycles. The highest BCUT2D eigenvalue weighted by atomic mass is 16.1. The van der Waals surface area contributed by atoms with Crippen LogP contribution in [-0.2, 0) is 6.54 Å². The monoisotopic (exact) mass is 291 g/mol.